The van der Waals surface area contributed by atoms with Crippen molar-refractivity contribution in [2.75, 3.05) is 11.5 Å². The number of rotatable bonds is 2. The van der Waals surface area contributed by atoms with Crippen LogP contribution in [0, 0.1) is 12.8 Å². The molecule has 0 aliphatic carbocycles. The topological polar surface area (TPSA) is 51.2 Å². The van der Waals surface area contributed by atoms with Crippen molar-refractivity contribution in [3.05, 3.63) is 20.3 Å². The molecular formula is C10H11BrO3S2. The summed E-state index contributed by atoms with van der Waals surface area (Å²) in [5, 5.41) is 0. The fraction of sp³-hybridized carbons (Fsp3) is 0.500. The monoisotopic (exact) mass is 322 g/mol. The Bertz CT molecular complexity index is 530. The Hall–Kier alpha value is -0.200. The van der Waals surface area contributed by atoms with Crippen LogP contribution >= 0.6 is 27.3 Å². The summed E-state index contributed by atoms with van der Waals surface area (Å²) in [6.07, 6.45) is 0.463. The molecule has 1 aliphatic rings. The van der Waals surface area contributed by atoms with Gasteiger partial charge in [0, 0.05) is 15.3 Å². The summed E-state index contributed by atoms with van der Waals surface area (Å²) in [7, 11) is -2.99. The van der Waals surface area contributed by atoms with Gasteiger partial charge >= 0.3 is 0 Å². The third kappa shape index (κ3) is 2.38. The van der Waals surface area contributed by atoms with Gasteiger partial charge in [0.15, 0.2) is 15.6 Å². The summed E-state index contributed by atoms with van der Waals surface area (Å²) >= 11 is 4.75. The zero-order valence-corrected chi connectivity index (χ0v) is 11.9. The van der Waals surface area contributed by atoms with Gasteiger partial charge in [-0.2, -0.15) is 0 Å². The standard InChI is InChI=1S/C10H11BrO3S2/c1-6-4-8(11)10(15-6)9(12)7-2-3-16(13,14)5-7/h4,7H,2-3,5H2,1H3. The van der Waals surface area contributed by atoms with Crippen molar-refractivity contribution in [1.82, 2.24) is 0 Å². The summed E-state index contributed by atoms with van der Waals surface area (Å²) in [5.74, 6) is -0.231. The van der Waals surface area contributed by atoms with Crippen LogP contribution in [-0.2, 0) is 9.84 Å². The zero-order chi connectivity index (χ0) is 11.9. The molecule has 0 radical (unpaired) electrons. The molecule has 3 nitrogen and oxygen atoms in total. The van der Waals surface area contributed by atoms with Crippen LogP contribution < -0.4 is 0 Å². The molecule has 0 aromatic carbocycles. The molecule has 1 aliphatic heterocycles. The van der Waals surface area contributed by atoms with Crippen LogP contribution in [0.1, 0.15) is 21.0 Å². The summed E-state index contributed by atoms with van der Waals surface area (Å²) < 4.78 is 23.4. The van der Waals surface area contributed by atoms with Crippen molar-refractivity contribution >= 4 is 42.9 Å². The molecule has 1 unspecified atom stereocenters. The number of hydrogen-bond donors (Lipinski definition) is 0. The average Bonchev–Trinajstić information content (AvgIpc) is 2.68. The van der Waals surface area contributed by atoms with Gasteiger partial charge in [-0.3, -0.25) is 4.79 Å². The molecule has 2 heterocycles. The maximum atomic E-state index is 12.1. The van der Waals surface area contributed by atoms with E-state index in [0.29, 0.717) is 11.3 Å². The average molecular weight is 323 g/mol. The van der Waals surface area contributed by atoms with Crippen molar-refractivity contribution in [3.63, 3.8) is 0 Å². The Morgan fingerprint density at radius 3 is 2.69 bits per heavy atom. The number of Topliss-reactive ketones (excluding diaryl/α,β-unsaturated/α-hetero) is 1. The van der Waals surface area contributed by atoms with Crippen molar-refractivity contribution < 1.29 is 13.2 Å². The lowest BCUT2D eigenvalue weighted by Gasteiger charge is -2.04. The molecule has 1 aromatic rings. The number of carbonyl (C=O) groups is 1. The van der Waals surface area contributed by atoms with E-state index in [-0.39, 0.29) is 23.2 Å². The second-order valence-corrected chi connectivity index (χ2v) is 8.34. The summed E-state index contributed by atoms with van der Waals surface area (Å²) in [4.78, 5) is 13.8. The Kier molecular flexibility index (Phi) is 3.25. The van der Waals surface area contributed by atoms with E-state index in [9.17, 15) is 13.2 Å². The minimum absolute atomic E-state index is 0.00915. The van der Waals surface area contributed by atoms with Crippen LogP contribution in [-0.4, -0.2) is 25.7 Å². The van der Waals surface area contributed by atoms with Gasteiger partial charge in [0.05, 0.1) is 16.4 Å². The Morgan fingerprint density at radius 1 is 1.56 bits per heavy atom. The number of halogens is 1. The molecule has 0 N–H and O–H groups in total. The van der Waals surface area contributed by atoms with Gasteiger partial charge < -0.3 is 0 Å². The minimum Gasteiger partial charge on any atom is -0.293 e. The molecule has 2 rings (SSSR count). The number of ketones is 1. The predicted octanol–water partition coefficient (Wildman–Crippen LogP) is 2.44. The van der Waals surface area contributed by atoms with Crippen LogP contribution in [0.15, 0.2) is 10.5 Å². The van der Waals surface area contributed by atoms with Crippen LogP contribution in [0.3, 0.4) is 0 Å². The van der Waals surface area contributed by atoms with E-state index < -0.39 is 9.84 Å². The summed E-state index contributed by atoms with van der Waals surface area (Å²) in [6.45, 7) is 1.93. The van der Waals surface area contributed by atoms with Crippen LogP contribution in [0.4, 0.5) is 0 Å². The largest absolute Gasteiger partial charge is 0.293 e. The first-order valence-electron chi connectivity index (χ1n) is 4.89. The SMILES string of the molecule is Cc1cc(Br)c(C(=O)C2CCS(=O)(=O)C2)s1. The maximum Gasteiger partial charge on any atom is 0.178 e. The van der Waals surface area contributed by atoms with E-state index in [0.717, 1.165) is 9.35 Å². The van der Waals surface area contributed by atoms with Gasteiger partial charge in [-0.1, -0.05) is 0 Å². The first kappa shape index (κ1) is 12.3. The number of hydrogen-bond acceptors (Lipinski definition) is 4. The molecular weight excluding hydrogens is 312 g/mol. The van der Waals surface area contributed by atoms with Crippen molar-refractivity contribution in [3.8, 4) is 0 Å². The van der Waals surface area contributed by atoms with Gasteiger partial charge in [0.1, 0.15) is 0 Å². The highest BCUT2D eigenvalue weighted by Crippen LogP contribution is 2.32. The highest BCUT2D eigenvalue weighted by atomic mass is 79.9. The summed E-state index contributed by atoms with van der Waals surface area (Å²) in [6, 6.07) is 1.89. The van der Waals surface area contributed by atoms with E-state index in [4.69, 9.17) is 0 Å². The zero-order valence-electron chi connectivity index (χ0n) is 8.70. The Labute approximate surface area is 107 Å². The lowest BCUT2D eigenvalue weighted by molar-refractivity contribution is 0.0936. The maximum absolute atomic E-state index is 12.1. The number of thiophene rings is 1. The number of aryl methyl sites for hydroxylation is 1. The van der Waals surface area contributed by atoms with E-state index in [1.807, 2.05) is 13.0 Å². The minimum atomic E-state index is -2.99. The molecule has 16 heavy (non-hydrogen) atoms. The quantitative estimate of drug-likeness (QED) is 0.786. The van der Waals surface area contributed by atoms with E-state index >= 15 is 0 Å². The Morgan fingerprint density at radius 2 is 2.25 bits per heavy atom. The molecule has 6 heteroatoms. The third-order valence-corrected chi connectivity index (χ3v) is 6.36. The molecule has 1 aromatic heterocycles. The van der Waals surface area contributed by atoms with Gasteiger partial charge in [-0.25, -0.2) is 8.42 Å². The number of carbonyl (C=O) groups excluding carboxylic acids is 1. The fourth-order valence-corrected chi connectivity index (χ4v) is 5.44. The second kappa shape index (κ2) is 4.23. The molecule has 0 saturated carbocycles. The normalized spacial score (nSPS) is 23.5. The highest BCUT2D eigenvalue weighted by molar-refractivity contribution is 9.10. The van der Waals surface area contributed by atoms with E-state index in [2.05, 4.69) is 15.9 Å². The second-order valence-electron chi connectivity index (χ2n) is 4.00. The van der Waals surface area contributed by atoms with Crippen LogP contribution in [0.25, 0.3) is 0 Å². The van der Waals surface area contributed by atoms with Crippen molar-refractivity contribution in [2.45, 2.75) is 13.3 Å². The van der Waals surface area contributed by atoms with E-state index in [1.54, 1.807) is 0 Å². The molecule has 0 amide bonds. The first-order chi connectivity index (χ1) is 7.39. The van der Waals surface area contributed by atoms with Crippen LogP contribution in [0.2, 0.25) is 0 Å². The molecule has 1 saturated heterocycles. The summed E-state index contributed by atoms with van der Waals surface area (Å²) in [5.41, 5.74) is 0. The van der Waals surface area contributed by atoms with Crippen molar-refractivity contribution in [2.24, 2.45) is 5.92 Å². The lowest BCUT2D eigenvalue weighted by Crippen LogP contribution is -2.15. The van der Waals surface area contributed by atoms with Crippen molar-refractivity contribution in [1.29, 1.82) is 0 Å². The highest BCUT2D eigenvalue weighted by Gasteiger charge is 2.34. The van der Waals surface area contributed by atoms with Gasteiger partial charge in [-0.05, 0) is 35.3 Å². The van der Waals surface area contributed by atoms with Crippen LogP contribution in [0.5, 0.6) is 0 Å². The fourth-order valence-electron chi connectivity index (χ4n) is 1.84. The molecule has 0 bridgehead atoms. The molecule has 88 valence electrons. The third-order valence-electron chi connectivity index (χ3n) is 2.64. The molecule has 0 spiro atoms. The lowest BCUT2D eigenvalue weighted by atomic mass is 10.0. The molecule has 1 atom stereocenters. The smallest absolute Gasteiger partial charge is 0.178 e. The predicted molar refractivity (Wildman–Crippen MR) is 67.8 cm³/mol. The first-order valence-corrected chi connectivity index (χ1v) is 8.33. The molecule has 1 fully saturated rings. The Balaban J connectivity index is 2.24. The van der Waals surface area contributed by atoms with Gasteiger partial charge in [-0.15, -0.1) is 11.3 Å². The van der Waals surface area contributed by atoms with Gasteiger partial charge in [0.25, 0.3) is 0 Å². The number of sulfone groups is 1. The van der Waals surface area contributed by atoms with E-state index in [1.165, 1.54) is 11.3 Å². The van der Waals surface area contributed by atoms with Gasteiger partial charge in [0.2, 0.25) is 0 Å².